The lowest BCUT2D eigenvalue weighted by atomic mass is 9.99. The summed E-state index contributed by atoms with van der Waals surface area (Å²) in [6.07, 6.45) is 0. The number of benzene rings is 1. The average molecular weight is 208 g/mol. The standard InChI is InChI=1S/C11H16N2O2/c1-14-9-3-4-10(11(5-9)15-2)8-6-12-13-7-8/h3-5,8,12-13H,6-7H2,1-2H3. The lowest BCUT2D eigenvalue weighted by Crippen LogP contribution is -2.21. The molecule has 0 aliphatic carbocycles. The summed E-state index contributed by atoms with van der Waals surface area (Å²) in [5.74, 6) is 2.19. The van der Waals surface area contributed by atoms with E-state index in [1.54, 1.807) is 14.2 Å². The second kappa shape index (κ2) is 4.51. The van der Waals surface area contributed by atoms with Gasteiger partial charge < -0.3 is 9.47 Å². The van der Waals surface area contributed by atoms with Crippen LogP contribution in [0.15, 0.2) is 18.2 Å². The van der Waals surface area contributed by atoms with Gasteiger partial charge in [0.05, 0.1) is 14.2 Å². The van der Waals surface area contributed by atoms with Gasteiger partial charge in [0.2, 0.25) is 0 Å². The fraction of sp³-hybridized carbons (Fsp3) is 0.455. The van der Waals surface area contributed by atoms with Crippen LogP contribution in [0.5, 0.6) is 11.5 Å². The zero-order valence-electron chi connectivity index (χ0n) is 9.04. The topological polar surface area (TPSA) is 42.5 Å². The zero-order chi connectivity index (χ0) is 10.7. The van der Waals surface area contributed by atoms with E-state index in [1.807, 2.05) is 12.1 Å². The SMILES string of the molecule is COc1ccc(C2CNNC2)c(OC)c1. The van der Waals surface area contributed by atoms with Gasteiger partial charge in [-0.1, -0.05) is 6.07 Å². The van der Waals surface area contributed by atoms with Crippen LogP contribution in [0.4, 0.5) is 0 Å². The Morgan fingerprint density at radius 1 is 1.13 bits per heavy atom. The highest BCUT2D eigenvalue weighted by molar-refractivity contribution is 5.43. The molecule has 2 rings (SSSR count). The molecule has 4 nitrogen and oxygen atoms in total. The van der Waals surface area contributed by atoms with Gasteiger partial charge in [0, 0.05) is 30.6 Å². The van der Waals surface area contributed by atoms with E-state index in [9.17, 15) is 0 Å². The van der Waals surface area contributed by atoms with Gasteiger partial charge in [0.1, 0.15) is 11.5 Å². The van der Waals surface area contributed by atoms with Crippen LogP contribution < -0.4 is 20.3 Å². The summed E-state index contributed by atoms with van der Waals surface area (Å²) in [7, 11) is 3.35. The largest absolute Gasteiger partial charge is 0.497 e. The number of hydrazine groups is 1. The molecule has 1 aliphatic rings. The molecule has 1 aromatic carbocycles. The molecule has 1 fully saturated rings. The summed E-state index contributed by atoms with van der Waals surface area (Å²) in [4.78, 5) is 0. The third-order valence-electron chi connectivity index (χ3n) is 2.70. The van der Waals surface area contributed by atoms with Crippen LogP contribution >= 0.6 is 0 Å². The molecule has 0 bridgehead atoms. The van der Waals surface area contributed by atoms with Crippen LogP contribution in [0, 0.1) is 0 Å². The molecule has 0 amide bonds. The monoisotopic (exact) mass is 208 g/mol. The van der Waals surface area contributed by atoms with E-state index in [0.29, 0.717) is 5.92 Å². The van der Waals surface area contributed by atoms with E-state index in [1.165, 1.54) is 5.56 Å². The Labute approximate surface area is 89.5 Å². The number of methoxy groups -OCH3 is 2. The summed E-state index contributed by atoms with van der Waals surface area (Å²) >= 11 is 0. The fourth-order valence-corrected chi connectivity index (χ4v) is 1.84. The van der Waals surface area contributed by atoms with Crippen molar-refractivity contribution in [1.29, 1.82) is 0 Å². The van der Waals surface area contributed by atoms with Crippen LogP contribution in [0.2, 0.25) is 0 Å². The van der Waals surface area contributed by atoms with Crippen molar-refractivity contribution in [2.45, 2.75) is 5.92 Å². The molecule has 15 heavy (non-hydrogen) atoms. The first-order valence-electron chi connectivity index (χ1n) is 5.03. The molecular weight excluding hydrogens is 192 g/mol. The third kappa shape index (κ3) is 2.06. The third-order valence-corrected chi connectivity index (χ3v) is 2.70. The van der Waals surface area contributed by atoms with Gasteiger partial charge in [0.15, 0.2) is 0 Å². The molecule has 0 atom stereocenters. The quantitative estimate of drug-likeness (QED) is 0.774. The lowest BCUT2D eigenvalue weighted by Gasteiger charge is -2.14. The molecule has 0 spiro atoms. The number of rotatable bonds is 3. The maximum Gasteiger partial charge on any atom is 0.126 e. The van der Waals surface area contributed by atoms with E-state index in [2.05, 4.69) is 16.9 Å². The Hall–Kier alpha value is -1.26. The molecule has 4 heteroatoms. The first kappa shape index (κ1) is 10.3. The van der Waals surface area contributed by atoms with Crippen molar-refractivity contribution < 1.29 is 9.47 Å². The Morgan fingerprint density at radius 2 is 1.87 bits per heavy atom. The van der Waals surface area contributed by atoms with E-state index >= 15 is 0 Å². The Balaban J connectivity index is 2.29. The minimum atomic E-state index is 0.464. The fourth-order valence-electron chi connectivity index (χ4n) is 1.84. The Morgan fingerprint density at radius 3 is 2.47 bits per heavy atom. The number of ether oxygens (including phenoxy) is 2. The smallest absolute Gasteiger partial charge is 0.126 e. The van der Waals surface area contributed by atoms with Gasteiger partial charge in [-0.3, -0.25) is 10.9 Å². The van der Waals surface area contributed by atoms with Crippen LogP contribution in [0.1, 0.15) is 11.5 Å². The van der Waals surface area contributed by atoms with Gasteiger partial charge in [-0.25, -0.2) is 0 Å². The molecule has 1 aliphatic heterocycles. The highest BCUT2D eigenvalue weighted by atomic mass is 16.5. The van der Waals surface area contributed by atoms with Crippen molar-refractivity contribution >= 4 is 0 Å². The summed E-state index contributed by atoms with van der Waals surface area (Å²) in [6, 6.07) is 5.96. The normalized spacial score (nSPS) is 16.7. The maximum absolute atomic E-state index is 5.36. The molecule has 0 unspecified atom stereocenters. The maximum atomic E-state index is 5.36. The number of nitrogens with one attached hydrogen (secondary N) is 2. The van der Waals surface area contributed by atoms with Crippen LogP contribution in [0.3, 0.4) is 0 Å². The summed E-state index contributed by atoms with van der Waals surface area (Å²) < 4.78 is 10.5. The minimum absolute atomic E-state index is 0.464. The molecule has 2 N–H and O–H groups in total. The Kier molecular flexibility index (Phi) is 3.08. The number of hydrogen-bond donors (Lipinski definition) is 2. The molecule has 0 saturated carbocycles. The molecular formula is C11H16N2O2. The second-order valence-corrected chi connectivity index (χ2v) is 3.57. The molecule has 1 heterocycles. The zero-order valence-corrected chi connectivity index (χ0v) is 9.04. The van der Waals surface area contributed by atoms with E-state index < -0.39 is 0 Å². The van der Waals surface area contributed by atoms with Gasteiger partial charge in [-0.2, -0.15) is 0 Å². The van der Waals surface area contributed by atoms with Crippen molar-refractivity contribution in [3.05, 3.63) is 23.8 Å². The van der Waals surface area contributed by atoms with Crippen molar-refractivity contribution in [2.24, 2.45) is 0 Å². The van der Waals surface area contributed by atoms with Crippen molar-refractivity contribution in [3.8, 4) is 11.5 Å². The lowest BCUT2D eigenvalue weighted by molar-refractivity contribution is 0.389. The van der Waals surface area contributed by atoms with Crippen molar-refractivity contribution in [1.82, 2.24) is 10.9 Å². The van der Waals surface area contributed by atoms with Gasteiger partial charge in [0.25, 0.3) is 0 Å². The first-order valence-corrected chi connectivity index (χ1v) is 5.03. The molecule has 0 aromatic heterocycles. The van der Waals surface area contributed by atoms with E-state index in [4.69, 9.17) is 9.47 Å². The molecule has 82 valence electrons. The van der Waals surface area contributed by atoms with E-state index in [0.717, 1.165) is 24.6 Å². The summed E-state index contributed by atoms with van der Waals surface area (Å²) in [5.41, 5.74) is 7.45. The van der Waals surface area contributed by atoms with E-state index in [-0.39, 0.29) is 0 Å². The first-order chi connectivity index (χ1) is 7.35. The summed E-state index contributed by atoms with van der Waals surface area (Å²) in [6.45, 7) is 1.87. The predicted octanol–water partition coefficient (Wildman–Crippen LogP) is 0.895. The van der Waals surface area contributed by atoms with Crippen LogP contribution in [0.25, 0.3) is 0 Å². The Bertz CT molecular complexity index is 335. The molecule has 1 aromatic rings. The number of hydrogen-bond acceptors (Lipinski definition) is 4. The minimum Gasteiger partial charge on any atom is -0.497 e. The van der Waals surface area contributed by atoms with Gasteiger partial charge in [-0.15, -0.1) is 0 Å². The average Bonchev–Trinajstić information content (AvgIpc) is 2.81. The van der Waals surface area contributed by atoms with Crippen molar-refractivity contribution in [2.75, 3.05) is 27.3 Å². The van der Waals surface area contributed by atoms with Crippen LogP contribution in [-0.4, -0.2) is 27.3 Å². The molecule has 1 saturated heterocycles. The van der Waals surface area contributed by atoms with Crippen LogP contribution in [-0.2, 0) is 0 Å². The second-order valence-electron chi connectivity index (χ2n) is 3.57. The highest BCUT2D eigenvalue weighted by Gasteiger charge is 2.20. The van der Waals surface area contributed by atoms with Gasteiger partial charge in [-0.05, 0) is 6.07 Å². The van der Waals surface area contributed by atoms with Gasteiger partial charge >= 0.3 is 0 Å². The predicted molar refractivity (Wildman–Crippen MR) is 58.3 cm³/mol. The van der Waals surface area contributed by atoms with Crippen molar-refractivity contribution in [3.63, 3.8) is 0 Å². The molecule has 0 radical (unpaired) electrons. The summed E-state index contributed by atoms with van der Waals surface area (Å²) in [5, 5.41) is 0. The highest BCUT2D eigenvalue weighted by Crippen LogP contribution is 2.30.